The van der Waals surface area contributed by atoms with Gasteiger partial charge in [-0.3, -0.25) is 44.6 Å². The molecule has 5 heterocycles. The maximum Gasteiger partial charge on any atom is 0.391 e. The molecule has 0 bridgehead atoms. The number of nitro groups is 2. The third kappa shape index (κ3) is 33.0. The second kappa shape index (κ2) is 49.4. The number of anilines is 2. The van der Waals surface area contributed by atoms with Gasteiger partial charge < -0.3 is 70.6 Å². The van der Waals surface area contributed by atoms with Gasteiger partial charge in [-0.1, -0.05) is 117 Å². The lowest BCUT2D eigenvalue weighted by molar-refractivity contribution is -0.385. The predicted molar refractivity (Wildman–Crippen MR) is 435 cm³/mol. The van der Waals surface area contributed by atoms with E-state index in [-0.39, 0.29) is 57.7 Å². The van der Waals surface area contributed by atoms with Crippen LogP contribution in [-0.4, -0.2) is 210 Å². The number of morpholine rings is 5. The molecule has 5 saturated heterocycles. The number of carbonyl (C=O) groups is 2. The van der Waals surface area contributed by atoms with Crippen molar-refractivity contribution in [3.8, 4) is 23.0 Å². The number of nitrogens with one attached hydrogen (secondary N) is 3. The second-order valence-electron chi connectivity index (χ2n) is 26.2. The first-order chi connectivity index (χ1) is 52.9. The van der Waals surface area contributed by atoms with Crippen LogP contribution in [0.15, 0.2) is 151 Å². The van der Waals surface area contributed by atoms with Gasteiger partial charge in [-0.15, -0.1) is 0 Å². The number of non-ortho nitro benzene ring substituents is 2. The highest BCUT2D eigenvalue weighted by atomic mass is 79.9. The number of benzene rings is 7. The van der Waals surface area contributed by atoms with Crippen molar-refractivity contribution in [2.75, 3.05) is 149 Å². The predicted octanol–water partition coefficient (Wildman–Crippen LogP) is 11.4. The minimum absolute atomic E-state index is 0.0293. The number of carbonyl (C=O) groups excluding carboxylic acids is 2. The third-order valence-corrected chi connectivity index (χ3v) is 18.4. The Morgan fingerprint density at radius 3 is 1.22 bits per heavy atom. The first-order valence-corrected chi connectivity index (χ1v) is 38.2. The van der Waals surface area contributed by atoms with Crippen LogP contribution in [0.3, 0.4) is 0 Å². The standard InChI is InChI=1S/C21H28N4O3.C21H26N2O3S.C11H14N2O3.C11H16N2O.C7H6BrNO2.C4H5ClO3.C4H9NO/c1-14(2)17-11-18(20(27)12-19(17)26)21(24-22)23-16-5-3-15(4-6-16)13-25-7-9-28-10-8-25;1-14(2)17-11-18(20(25)12-19(17)24)21(27)22-16-5-3-15(4-6-16)13-23-7-9-26-10-8-23;14-13(15)11-3-1-10(2-4-11)9-12-5-7-16-8-6-12;12-11-3-1-10(2-4-11)9-13-5-7-14-8-6-13;8-5-6-1-3-7(4-2-6)9(10)11;1-2-8-4(7)3(5)6;1-3-6-4-2-5-1/h3-6,11-12,14,26-27H,7-10,13,22H2,1-2H3,(H,23,24);3-6,11-12,14,24-25H,7-10,13H2,1-2H3,(H,22,27);1-4H,5-9H2;1-4H,5-9,12H2;1-4H,5H2;2H2,1H3;5H,1-4H2. The van der Waals surface area contributed by atoms with Gasteiger partial charge in [0.1, 0.15) is 28.0 Å². The number of phenols is 4. The molecule has 5 aliphatic rings. The second-order valence-corrected chi connectivity index (χ2v) is 27.5. The Hall–Kier alpha value is -8.83. The summed E-state index contributed by atoms with van der Waals surface area (Å²) in [4.78, 5) is 54.1. The number of hydrazine groups is 1. The molecule has 0 radical (unpaired) electrons. The van der Waals surface area contributed by atoms with Crippen molar-refractivity contribution in [2.45, 2.75) is 78.0 Å². The van der Waals surface area contributed by atoms with Crippen molar-refractivity contribution in [1.82, 2.24) is 30.3 Å². The molecule has 5 fully saturated rings. The summed E-state index contributed by atoms with van der Waals surface area (Å²) in [7, 11) is 0. The number of aliphatic imine (C=N–C) groups is 1. The summed E-state index contributed by atoms with van der Waals surface area (Å²) in [5.74, 6) is 5.26. The fourth-order valence-corrected chi connectivity index (χ4v) is 11.9. The molecule has 28 nitrogen and oxygen atoms in total. The molecule has 0 spiro atoms. The van der Waals surface area contributed by atoms with Crippen LogP contribution in [0.1, 0.15) is 96.5 Å². The van der Waals surface area contributed by atoms with Gasteiger partial charge in [0.2, 0.25) is 0 Å². The summed E-state index contributed by atoms with van der Waals surface area (Å²) >= 11 is 13.4. The molecular weight excluding hydrogens is 1520 g/mol. The van der Waals surface area contributed by atoms with Gasteiger partial charge in [-0.25, -0.2) is 15.6 Å². The molecule has 12 rings (SSSR count). The van der Waals surface area contributed by atoms with E-state index in [1.54, 1.807) is 43.3 Å². The lowest BCUT2D eigenvalue weighted by Gasteiger charge is -2.26. The number of phenolic OH excluding ortho intramolecular Hbond substituents is 4. The zero-order valence-corrected chi connectivity index (χ0v) is 66.2. The summed E-state index contributed by atoms with van der Waals surface area (Å²) in [5.41, 5.74) is 19.2. The number of ether oxygens (including phenoxy) is 6. The van der Waals surface area contributed by atoms with Gasteiger partial charge in [-0.2, -0.15) is 0 Å². The van der Waals surface area contributed by atoms with Gasteiger partial charge in [-0.05, 0) is 118 Å². The molecule has 0 atom stereocenters. The Morgan fingerprint density at radius 1 is 0.555 bits per heavy atom. The largest absolute Gasteiger partial charge is 0.508 e. The SMILES string of the molecule is C1COCCN1.CC(C)c1cc(C(=Nc2ccc(CN3CCOCC3)cc2)NN)c(O)cc1O.CC(C)c1cc(C(=S)Nc2ccc(CN3CCOCC3)cc2)c(O)cc1O.CCOC(=O)C(=O)Cl.Nc1ccc(CN2CCOCC2)cc1.O=[N+]([O-])c1ccc(CBr)cc1.O=[N+]([O-])c1ccc(CN2CCOCC2)cc1. The average molecular weight is 1630 g/mol. The molecule has 5 aliphatic heterocycles. The van der Waals surface area contributed by atoms with E-state index in [4.69, 9.17) is 59.1 Å². The first-order valence-electron chi connectivity index (χ1n) is 36.3. The Morgan fingerprint density at radius 2 is 0.900 bits per heavy atom. The average Bonchev–Trinajstić information content (AvgIpc) is 0.818. The van der Waals surface area contributed by atoms with E-state index in [0.717, 1.165) is 202 Å². The van der Waals surface area contributed by atoms with Gasteiger partial charge in [0.05, 0.1) is 99.3 Å². The van der Waals surface area contributed by atoms with E-state index in [9.17, 15) is 50.2 Å². The number of hydrogen-bond acceptors (Lipinski definition) is 25. The molecular formula is C79H104BrClN12O16S. The molecule has 0 saturated carbocycles. The van der Waals surface area contributed by atoms with Crippen LogP contribution < -0.4 is 27.6 Å². The first kappa shape index (κ1) is 90.1. The zero-order valence-electron chi connectivity index (χ0n) is 63.0. The number of esters is 1. The summed E-state index contributed by atoms with van der Waals surface area (Å²) < 4.78 is 30.5. The lowest BCUT2D eigenvalue weighted by Crippen LogP contribution is -2.35. The summed E-state index contributed by atoms with van der Waals surface area (Å²) in [6.45, 7) is 31.3. The van der Waals surface area contributed by atoms with Crippen molar-refractivity contribution in [3.63, 3.8) is 0 Å². The molecule has 0 unspecified atom stereocenters. The summed E-state index contributed by atoms with van der Waals surface area (Å²) in [6.07, 6.45) is 0. The summed E-state index contributed by atoms with van der Waals surface area (Å²) in [6, 6.07) is 43.5. The summed E-state index contributed by atoms with van der Waals surface area (Å²) in [5, 5.41) is 67.1. The van der Waals surface area contributed by atoms with Crippen LogP contribution in [0.25, 0.3) is 0 Å². The van der Waals surface area contributed by atoms with E-state index in [2.05, 4.69) is 85.6 Å². The number of alkyl halides is 1. The van der Waals surface area contributed by atoms with Crippen LogP contribution in [0.4, 0.5) is 28.4 Å². The lowest BCUT2D eigenvalue weighted by atomic mass is 9.98. The number of nitro benzene ring substituents is 2. The van der Waals surface area contributed by atoms with Crippen molar-refractivity contribution >= 4 is 90.2 Å². The van der Waals surface area contributed by atoms with E-state index in [1.807, 2.05) is 88.4 Å². The monoisotopic (exact) mass is 1620 g/mol. The number of halogens is 2. The highest BCUT2D eigenvalue weighted by Crippen LogP contribution is 2.35. The normalized spacial score (nSPS) is 15.4. The molecule has 0 amide bonds. The number of rotatable bonds is 19. The van der Waals surface area contributed by atoms with E-state index in [1.165, 1.54) is 41.0 Å². The Labute approximate surface area is 662 Å². The number of nitrogens with two attached hydrogens (primary N) is 2. The molecule has 11 N–H and O–H groups in total. The quantitative estimate of drug-likeness (QED) is 0.00310. The smallest absolute Gasteiger partial charge is 0.391 e. The highest BCUT2D eigenvalue weighted by molar-refractivity contribution is 9.08. The number of nitrogens with zero attached hydrogens (tertiary/aromatic N) is 7. The Balaban J connectivity index is 0.000000212. The maximum atomic E-state index is 10.5. The fraction of sp³-hybridized carbons (Fsp3) is 0.418. The topological polar surface area (TPSA) is 370 Å². The molecule has 0 aromatic heterocycles. The van der Waals surface area contributed by atoms with E-state index < -0.39 is 16.1 Å². The van der Waals surface area contributed by atoms with Crippen molar-refractivity contribution < 1.29 is 68.3 Å². The number of nitrogen functional groups attached to an aromatic ring is 1. The number of thiocarbonyl (C=S) groups is 1. The zero-order chi connectivity index (χ0) is 79.7. The molecule has 7 aromatic carbocycles. The minimum atomic E-state index is -1.08. The Kier molecular flexibility index (Phi) is 40.5. The van der Waals surface area contributed by atoms with Crippen molar-refractivity contribution in [1.29, 1.82) is 0 Å². The van der Waals surface area contributed by atoms with E-state index >= 15 is 0 Å². The molecule has 596 valence electrons. The van der Waals surface area contributed by atoms with Gasteiger partial charge in [0.15, 0.2) is 5.84 Å². The minimum Gasteiger partial charge on any atom is -0.508 e. The van der Waals surface area contributed by atoms with Gasteiger partial charge in [0.25, 0.3) is 11.4 Å². The van der Waals surface area contributed by atoms with Crippen molar-refractivity contribution in [3.05, 3.63) is 216 Å². The van der Waals surface area contributed by atoms with Crippen LogP contribution in [0.2, 0.25) is 0 Å². The van der Waals surface area contributed by atoms with Crippen LogP contribution in [0.5, 0.6) is 23.0 Å². The molecule has 0 aliphatic carbocycles. The van der Waals surface area contributed by atoms with Gasteiger partial charge >= 0.3 is 11.2 Å². The van der Waals surface area contributed by atoms with Crippen LogP contribution in [-0.2, 0) is 69.5 Å². The van der Waals surface area contributed by atoms with Crippen LogP contribution >= 0.6 is 39.7 Å². The number of aromatic hydroxyl groups is 4. The number of hydrogen-bond donors (Lipinski definition) is 9. The third-order valence-electron chi connectivity index (χ3n) is 17.3. The number of amidine groups is 1. The van der Waals surface area contributed by atoms with E-state index in [0.29, 0.717) is 22.0 Å². The van der Waals surface area contributed by atoms with Crippen molar-refractivity contribution in [2.24, 2.45) is 10.8 Å². The molecule has 110 heavy (non-hydrogen) atoms. The van der Waals surface area contributed by atoms with Gasteiger partial charge in [0, 0.05) is 145 Å². The molecule has 7 aromatic rings. The molecule has 31 heteroatoms. The van der Waals surface area contributed by atoms with Crippen LogP contribution in [0, 0.1) is 20.2 Å². The maximum absolute atomic E-state index is 10.5. The Bertz CT molecular complexity index is 3950. The highest BCUT2D eigenvalue weighted by Gasteiger charge is 2.20. The fourth-order valence-electron chi connectivity index (χ4n) is 11.2.